The second-order valence-corrected chi connectivity index (χ2v) is 10.7. The molecule has 0 aliphatic rings. The second kappa shape index (κ2) is 14.1. The Kier molecular flexibility index (Phi) is 9.78. The third-order valence-corrected chi connectivity index (χ3v) is 7.54. The largest absolute Gasteiger partial charge is 0.453 e. The first-order valence-electron chi connectivity index (χ1n) is 13.1. The molecule has 3 N–H and O–H groups in total. The second-order valence-electron chi connectivity index (χ2n) is 9.25. The molecule has 42 heavy (non-hydrogen) atoms. The number of nitrogens with zero attached hydrogens (tertiary/aromatic N) is 2. The van der Waals surface area contributed by atoms with E-state index in [-0.39, 0.29) is 23.2 Å². The summed E-state index contributed by atoms with van der Waals surface area (Å²) in [6.07, 6.45) is 3.65. The molecule has 5 aromatic rings. The average molecular weight is 602 g/mol. The van der Waals surface area contributed by atoms with Crippen LogP contribution < -0.4 is 20.7 Å². The lowest BCUT2D eigenvalue weighted by molar-refractivity contribution is -0.119. The van der Waals surface area contributed by atoms with E-state index < -0.39 is 5.82 Å². The Morgan fingerprint density at radius 2 is 1.88 bits per heavy atom. The number of thiophene rings is 1. The van der Waals surface area contributed by atoms with Gasteiger partial charge in [-0.2, -0.15) is 0 Å². The van der Waals surface area contributed by atoms with Crippen LogP contribution in [0, 0.1) is 5.82 Å². The van der Waals surface area contributed by atoms with Gasteiger partial charge in [-0.1, -0.05) is 36.4 Å². The number of amides is 1. The predicted molar refractivity (Wildman–Crippen MR) is 167 cm³/mol. The molecule has 0 saturated heterocycles. The van der Waals surface area contributed by atoms with E-state index in [0.29, 0.717) is 24.6 Å². The van der Waals surface area contributed by atoms with E-state index in [0.717, 1.165) is 38.5 Å². The van der Waals surface area contributed by atoms with Crippen molar-refractivity contribution in [3.63, 3.8) is 0 Å². The van der Waals surface area contributed by atoms with Crippen molar-refractivity contribution < 1.29 is 18.7 Å². The lowest BCUT2D eigenvalue weighted by Crippen LogP contribution is -2.35. The van der Waals surface area contributed by atoms with Gasteiger partial charge in [-0.25, -0.2) is 4.39 Å². The molecule has 11 heteroatoms. The summed E-state index contributed by atoms with van der Waals surface area (Å²) in [7, 11) is 1.67. The number of carbonyl (C=O) groups excluding carboxylic acids is 1. The molecule has 0 spiro atoms. The van der Waals surface area contributed by atoms with E-state index in [4.69, 9.17) is 21.7 Å². The van der Waals surface area contributed by atoms with Crippen molar-refractivity contribution in [2.45, 2.75) is 13.0 Å². The number of rotatable bonds is 11. The minimum Gasteiger partial charge on any atom is -0.453 e. The van der Waals surface area contributed by atoms with Crippen LogP contribution in [-0.2, 0) is 22.5 Å². The Labute approximate surface area is 251 Å². The monoisotopic (exact) mass is 601 g/mol. The fraction of sp³-hybridized carbons (Fsp3) is 0.161. The zero-order valence-electron chi connectivity index (χ0n) is 22.7. The van der Waals surface area contributed by atoms with Gasteiger partial charge in [-0.05, 0) is 42.0 Å². The zero-order chi connectivity index (χ0) is 29.3. The summed E-state index contributed by atoms with van der Waals surface area (Å²) in [5, 5.41) is 8.81. The maximum Gasteiger partial charge on any atom is 0.230 e. The van der Waals surface area contributed by atoms with Gasteiger partial charge in [0.05, 0.1) is 28.9 Å². The molecule has 3 aromatic heterocycles. The number of anilines is 1. The van der Waals surface area contributed by atoms with Crippen molar-refractivity contribution in [2.75, 3.05) is 25.6 Å². The van der Waals surface area contributed by atoms with Crippen LogP contribution in [0.1, 0.15) is 11.3 Å². The number of hydrogen-bond donors (Lipinski definition) is 3. The van der Waals surface area contributed by atoms with Crippen molar-refractivity contribution in [3.8, 4) is 21.9 Å². The Morgan fingerprint density at radius 1 is 1.02 bits per heavy atom. The highest BCUT2D eigenvalue weighted by atomic mass is 32.1. The van der Waals surface area contributed by atoms with E-state index in [1.54, 1.807) is 25.4 Å². The number of pyridine rings is 2. The molecule has 0 bridgehead atoms. The van der Waals surface area contributed by atoms with Crippen LogP contribution in [0.15, 0.2) is 85.2 Å². The standard InChI is InChI=1S/C31H28FN5O3S2/c1-39-14-13-33-19-23-8-7-21(18-35-23)28-17-25-30(42-28)27(11-12-34-25)40-26-10-9-22(16-24(26)32)36-31(41)37-29(38)15-20-5-3-2-4-6-20/h2-12,16-18,33H,13-15,19H2,1H3,(H2,36,37,38,41). The molecule has 0 unspecified atom stereocenters. The lowest BCUT2D eigenvalue weighted by Gasteiger charge is -2.12. The Hall–Kier alpha value is -4.29. The van der Waals surface area contributed by atoms with Gasteiger partial charge in [0.25, 0.3) is 0 Å². The number of carbonyl (C=O) groups is 1. The highest BCUT2D eigenvalue weighted by Gasteiger charge is 2.14. The maximum absolute atomic E-state index is 15.0. The van der Waals surface area contributed by atoms with Crippen molar-refractivity contribution in [1.82, 2.24) is 20.6 Å². The molecular weight excluding hydrogens is 574 g/mol. The fourth-order valence-corrected chi connectivity index (χ4v) is 5.38. The minimum atomic E-state index is -0.584. The first kappa shape index (κ1) is 29.2. The van der Waals surface area contributed by atoms with Gasteiger partial charge < -0.3 is 25.4 Å². The quantitative estimate of drug-likeness (QED) is 0.124. The van der Waals surface area contributed by atoms with Gasteiger partial charge >= 0.3 is 0 Å². The van der Waals surface area contributed by atoms with Crippen LogP contribution >= 0.6 is 23.6 Å². The molecule has 1 amide bonds. The first-order valence-corrected chi connectivity index (χ1v) is 14.4. The molecule has 0 aliphatic heterocycles. The van der Waals surface area contributed by atoms with Crippen molar-refractivity contribution in [2.24, 2.45) is 0 Å². The topological polar surface area (TPSA) is 97.4 Å². The van der Waals surface area contributed by atoms with Gasteiger partial charge in [0.1, 0.15) is 5.75 Å². The van der Waals surface area contributed by atoms with Gasteiger partial charge in [-0.3, -0.25) is 14.8 Å². The molecule has 214 valence electrons. The summed E-state index contributed by atoms with van der Waals surface area (Å²) >= 11 is 6.72. The zero-order valence-corrected chi connectivity index (χ0v) is 24.4. The van der Waals surface area contributed by atoms with Crippen LogP contribution in [0.5, 0.6) is 11.5 Å². The number of hydrogen-bond acceptors (Lipinski definition) is 8. The summed E-state index contributed by atoms with van der Waals surface area (Å²) in [4.78, 5) is 22.2. The van der Waals surface area contributed by atoms with E-state index >= 15 is 4.39 Å². The molecule has 0 radical (unpaired) electrons. The maximum atomic E-state index is 15.0. The molecular formula is C31H28FN5O3S2. The van der Waals surface area contributed by atoms with E-state index in [9.17, 15) is 4.79 Å². The lowest BCUT2D eigenvalue weighted by atomic mass is 10.1. The van der Waals surface area contributed by atoms with E-state index in [1.165, 1.54) is 23.5 Å². The van der Waals surface area contributed by atoms with Gasteiger partial charge in [0.15, 0.2) is 16.7 Å². The first-order chi connectivity index (χ1) is 20.5. The third kappa shape index (κ3) is 7.71. The molecule has 0 aliphatic carbocycles. The van der Waals surface area contributed by atoms with Crippen LogP contribution in [0.25, 0.3) is 20.7 Å². The van der Waals surface area contributed by atoms with E-state index in [1.807, 2.05) is 54.7 Å². The van der Waals surface area contributed by atoms with Crippen LogP contribution in [0.3, 0.4) is 0 Å². The minimum absolute atomic E-state index is 0.0500. The molecule has 3 heterocycles. The summed E-state index contributed by atoms with van der Waals surface area (Å²) in [5.74, 6) is -0.308. The van der Waals surface area contributed by atoms with Crippen molar-refractivity contribution in [1.29, 1.82) is 0 Å². The van der Waals surface area contributed by atoms with Crippen molar-refractivity contribution in [3.05, 3.63) is 102 Å². The number of aromatic nitrogens is 2. The number of halogens is 1. The molecule has 5 rings (SSSR count). The molecule has 2 aromatic carbocycles. The van der Waals surface area contributed by atoms with Gasteiger partial charge in [0, 0.05) is 60.9 Å². The molecule has 8 nitrogen and oxygen atoms in total. The number of ether oxygens (including phenoxy) is 2. The Balaban J connectivity index is 1.23. The van der Waals surface area contributed by atoms with Gasteiger partial charge in [-0.15, -0.1) is 11.3 Å². The van der Waals surface area contributed by atoms with Gasteiger partial charge in [0.2, 0.25) is 5.91 Å². The highest BCUT2D eigenvalue weighted by Crippen LogP contribution is 2.39. The normalized spacial score (nSPS) is 10.9. The van der Waals surface area contributed by atoms with Crippen LogP contribution in [-0.4, -0.2) is 41.2 Å². The highest BCUT2D eigenvalue weighted by molar-refractivity contribution is 7.80. The predicted octanol–water partition coefficient (Wildman–Crippen LogP) is 6.08. The summed E-state index contributed by atoms with van der Waals surface area (Å²) in [6, 6.07) is 21.4. The van der Waals surface area contributed by atoms with Crippen molar-refractivity contribution >= 4 is 50.5 Å². The molecule has 0 saturated carbocycles. The SMILES string of the molecule is COCCNCc1ccc(-c2cc3nccc(Oc4ccc(NC(=S)NC(=O)Cc5ccccc5)cc4F)c3s2)cn1. The number of nitrogens with one attached hydrogen (secondary N) is 3. The Bertz CT molecular complexity index is 1680. The summed E-state index contributed by atoms with van der Waals surface area (Å²) in [6.45, 7) is 2.06. The van der Waals surface area contributed by atoms with E-state index in [2.05, 4.69) is 25.9 Å². The molecule has 0 fully saturated rings. The fourth-order valence-electron chi connectivity index (χ4n) is 4.10. The smallest absolute Gasteiger partial charge is 0.230 e. The van der Waals surface area contributed by atoms with Crippen LogP contribution in [0.2, 0.25) is 0 Å². The Morgan fingerprint density at radius 3 is 2.64 bits per heavy atom. The average Bonchev–Trinajstić information content (AvgIpc) is 3.43. The summed E-state index contributed by atoms with van der Waals surface area (Å²) < 4.78 is 26.9. The third-order valence-electron chi connectivity index (χ3n) is 6.14. The molecule has 0 atom stereocenters. The summed E-state index contributed by atoms with van der Waals surface area (Å²) in [5.41, 5.74) is 3.88. The van der Waals surface area contributed by atoms with Crippen LogP contribution in [0.4, 0.5) is 10.1 Å². The number of thiocarbonyl (C=S) groups is 1. The number of benzene rings is 2. The number of fused-ring (bicyclic) bond motifs is 1. The number of methoxy groups -OCH3 is 1.